The minimum absolute atomic E-state index is 0.0350. The van der Waals surface area contributed by atoms with Crippen LogP contribution in [0.25, 0.3) is 11.0 Å². The average Bonchev–Trinajstić information content (AvgIpc) is 2.91. The maximum Gasteiger partial charge on any atom is 0.323 e. The van der Waals surface area contributed by atoms with Crippen LogP contribution in [0.15, 0.2) is 34.4 Å². The van der Waals surface area contributed by atoms with Crippen molar-refractivity contribution in [2.45, 2.75) is 4.83 Å². The molecule has 0 aliphatic heterocycles. The van der Waals surface area contributed by atoms with Crippen molar-refractivity contribution in [3.63, 3.8) is 0 Å². The van der Waals surface area contributed by atoms with Crippen LogP contribution in [-0.2, 0) is 0 Å². The Balaban J connectivity index is 2.09. The summed E-state index contributed by atoms with van der Waals surface area (Å²) >= 11 is 11.4. The van der Waals surface area contributed by atoms with Crippen LogP contribution in [0.3, 0.4) is 0 Å². The molecule has 0 bridgehead atoms. The molecule has 18 heavy (non-hydrogen) atoms. The number of H-pyrrole nitrogens is 2. The molecule has 1 aromatic carbocycles. The smallest absolute Gasteiger partial charge is 0.306 e. The molecule has 0 spiro atoms. The van der Waals surface area contributed by atoms with Crippen molar-refractivity contribution in [2.75, 3.05) is 0 Å². The van der Waals surface area contributed by atoms with Crippen molar-refractivity contribution in [3.05, 3.63) is 55.6 Å². The van der Waals surface area contributed by atoms with Gasteiger partial charge < -0.3 is 9.97 Å². The lowest BCUT2D eigenvalue weighted by atomic mass is 10.1. The van der Waals surface area contributed by atoms with E-state index in [2.05, 4.69) is 25.9 Å². The van der Waals surface area contributed by atoms with Crippen molar-refractivity contribution >= 4 is 49.9 Å². The molecule has 1 unspecified atom stereocenters. The lowest BCUT2D eigenvalue weighted by molar-refractivity contribution is 1.21. The summed E-state index contributed by atoms with van der Waals surface area (Å²) < 4.78 is 0. The van der Waals surface area contributed by atoms with Crippen molar-refractivity contribution in [2.24, 2.45) is 0 Å². The summed E-state index contributed by atoms with van der Waals surface area (Å²) in [6.45, 7) is 0. The number of benzene rings is 1. The number of fused-ring (bicyclic) bond motifs is 1. The summed E-state index contributed by atoms with van der Waals surface area (Å²) in [5.74, 6) is 0. The molecule has 2 aromatic heterocycles. The van der Waals surface area contributed by atoms with Crippen LogP contribution in [-0.4, -0.2) is 9.97 Å². The first-order valence-corrected chi connectivity index (χ1v) is 7.41. The molecular weight excluding hydrogens is 336 g/mol. The summed E-state index contributed by atoms with van der Waals surface area (Å²) in [6.07, 6.45) is 0. The van der Waals surface area contributed by atoms with Crippen molar-refractivity contribution < 1.29 is 0 Å². The molecule has 0 amide bonds. The number of hydrogen-bond acceptors (Lipinski definition) is 2. The Morgan fingerprint density at radius 1 is 1.22 bits per heavy atom. The fourth-order valence-electron chi connectivity index (χ4n) is 1.85. The van der Waals surface area contributed by atoms with Gasteiger partial charge in [0.1, 0.15) is 0 Å². The Morgan fingerprint density at radius 2 is 2.00 bits per heavy atom. The van der Waals surface area contributed by atoms with Crippen molar-refractivity contribution in [1.29, 1.82) is 0 Å². The van der Waals surface area contributed by atoms with Gasteiger partial charge in [-0.15, -0.1) is 11.3 Å². The van der Waals surface area contributed by atoms with Gasteiger partial charge in [-0.25, -0.2) is 4.79 Å². The zero-order chi connectivity index (χ0) is 12.7. The third-order valence-electron chi connectivity index (χ3n) is 2.71. The van der Waals surface area contributed by atoms with E-state index in [4.69, 9.17) is 11.6 Å². The fourth-order valence-corrected chi connectivity index (χ4v) is 4.00. The largest absolute Gasteiger partial charge is 0.323 e. The van der Waals surface area contributed by atoms with Crippen LogP contribution in [0, 0.1) is 0 Å². The molecule has 6 heteroatoms. The number of alkyl halides is 1. The first kappa shape index (κ1) is 12.0. The van der Waals surface area contributed by atoms with Crippen LogP contribution >= 0.6 is 38.9 Å². The van der Waals surface area contributed by atoms with E-state index in [9.17, 15) is 4.79 Å². The Bertz CT molecular complexity index is 761. The van der Waals surface area contributed by atoms with Crippen LogP contribution < -0.4 is 5.69 Å². The first-order chi connectivity index (χ1) is 8.65. The van der Waals surface area contributed by atoms with Crippen LogP contribution in [0.4, 0.5) is 0 Å². The Hall–Kier alpha value is -1.04. The Kier molecular flexibility index (Phi) is 3.05. The normalized spacial score (nSPS) is 13.0. The summed E-state index contributed by atoms with van der Waals surface area (Å²) in [7, 11) is 0. The minimum atomic E-state index is -0.192. The summed E-state index contributed by atoms with van der Waals surface area (Å²) in [5, 5.41) is 2.72. The maximum absolute atomic E-state index is 11.2. The number of halogens is 2. The molecule has 0 fully saturated rings. The zero-order valence-electron chi connectivity index (χ0n) is 9.04. The summed E-state index contributed by atoms with van der Waals surface area (Å²) in [5.41, 5.74) is 2.47. The standard InChI is InChI=1S/C12H8BrClN2OS/c13-10(11-7(14)3-4-18-11)6-1-2-8-9(5-6)16-12(17)15-8/h1-5,10H,(H2,15,16,17). The van der Waals surface area contributed by atoms with Crippen molar-refractivity contribution in [1.82, 2.24) is 9.97 Å². The molecule has 3 nitrogen and oxygen atoms in total. The number of aromatic nitrogens is 2. The second kappa shape index (κ2) is 4.57. The SMILES string of the molecule is O=c1[nH]c2ccc(C(Br)c3sccc3Cl)cc2[nH]1. The molecule has 3 rings (SSSR count). The maximum atomic E-state index is 11.2. The van der Waals surface area contributed by atoms with E-state index in [0.717, 1.165) is 26.5 Å². The van der Waals surface area contributed by atoms with E-state index >= 15 is 0 Å². The molecule has 2 heterocycles. The predicted octanol–water partition coefficient (Wildman–Crippen LogP) is 4.06. The van der Waals surface area contributed by atoms with Gasteiger partial charge in [0.15, 0.2) is 0 Å². The zero-order valence-corrected chi connectivity index (χ0v) is 12.2. The van der Waals surface area contributed by atoms with Gasteiger partial charge in [-0.05, 0) is 29.1 Å². The Morgan fingerprint density at radius 3 is 2.72 bits per heavy atom. The molecule has 3 aromatic rings. The van der Waals surface area contributed by atoms with Gasteiger partial charge in [0.2, 0.25) is 0 Å². The molecule has 0 aliphatic carbocycles. The molecule has 2 N–H and O–H groups in total. The Labute approximate surface area is 120 Å². The van der Waals surface area contributed by atoms with Gasteiger partial charge in [0.05, 0.1) is 20.9 Å². The number of thiophene rings is 1. The van der Waals surface area contributed by atoms with Gasteiger partial charge in [-0.1, -0.05) is 33.6 Å². The van der Waals surface area contributed by atoms with E-state index in [1.807, 2.05) is 29.6 Å². The molecule has 0 saturated heterocycles. The van der Waals surface area contributed by atoms with Crippen LogP contribution in [0.2, 0.25) is 5.02 Å². The molecule has 1 atom stereocenters. The summed E-state index contributed by atoms with van der Waals surface area (Å²) in [4.78, 5) is 17.8. The van der Waals surface area contributed by atoms with E-state index in [-0.39, 0.29) is 10.5 Å². The third-order valence-corrected chi connectivity index (χ3v) is 5.42. The van der Waals surface area contributed by atoms with Crippen LogP contribution in [0.1, 0.15) is 15.3 Å². The highest BCUT2D eigenvalue weighted by molar-refractivity contribution is 9.09. The molecule has 92 valence electrons. The van der Waals surface area contributed by atoms with E-state index < -0.39 is 0 Å². The predicted molar refractivity (Wildman–Crippen MR) is 79.0 cm³/mol. The third kappa shape index (κ3) is 2.02. The lowest BCUT2D eigenvalue weighted by Gasteiger charge is -2.08. The number of nitrogens with one attached hydrogen (secondary N) is 2. The highest BCUT2D eigenvalue weighted by Crippen LogP contribution is 2.39. The molecule has 0 radical (unpaired) electrons. The van der Waals surface area contributed by atoms with E-state index in [1.165, 1.54) is 0 Å². The number of aromatic amines is 2. The van der Waals surface area contributed by atoms with Gasteiger partial charge in [-0.3, -0.25) is 0 Å². The molecule has 0 saturated carbocycles. The summed E-state index contributed by atoms with van der Waals surface area (Å²) in [6, 6.07) is 7.69. The van der Waals surface area contributed by atoms with E-state index in [0.29, 0.717) is 0 Å². The highest BCUT2D eigenvalue weighted by atomic mass is 79.9. The monoisotopic (exact) mass is 342 g/mol. The minimum Gasteiger partial charge on any atom is -0.306 e. The number of imidazole rings is 1. The quantitative estimate of drug-likeness (QED) is 0.677. The highest BCUT2D eigenvalue weighted by Gasteiger charge is 2.15. The molecule has 0 aliphatic rings. The molecular formula is C12H8BrClN2OS. The average molecular weight is 344 g/mol. The number of rotatable bonds is 2. The van der Waals surface area contributed by atoms with Gasteiger partial charge in [-0.2, -0.15) is 0 Å². The topological polar surface area (TPSA) is 48.6 Å². The fraction of sp³-hybridized carbons (Fsp3) is 0.0833. The number of hydrogen-bond donors (Lipinski definition) is 2. The van der Waals surface area contributed by atoms with Crippen molar-refractivity contribution in [3.8, 4) is 0 Å². The van der Waals surface area contributed by atoms with Gasteiger partial charge >= 0.3 is 5.69 Å². The first-order valence-electron chi connectivity index (χ1n) is 5.24. The van der Waals surface area contributed by atoms with Gasteiger partial charge in [0, 0.05) is 4.88 Å². The van der Waals surface area contributed by atoms with E-state index in [1.54, 1.807) is 11.3 Å². The van der Waals surface area contributed by atoms with Gasteiger partial charge in [0.25, 0.3) is 0 Å². The lowest BCUT2D eigenvalue weighted by Crippen LogP contribution is -1.99. The second-order valence-electron chi connectivity index (χ2n) is 3.88. The second-order valence-corrected chi connectivity index (χ2v) is 6.15. The van der Waals surface area contributed by atoms with Crippen LogP contribution in [0.5, 0.6) is 0 Å².